The van der Waals surface area contributed by atoms with Crippen molar-refractivity contribution in [3.63, 3.8) is 0 Å². The van der Waals surface area contributed by atoms with Gasteiger partial charge in [-0.2, -0.15) is 0 Å². The van der Waals surface area contributed by atoms with Crippen molar-refractivity contribution in [2.45, 2.75) is 223 Å². The van der Waals surface area contributed by atoms with Crippen molar-refractivity contribution in [1.29, 1.82) is 0 Å². The number of ether oxygens (including phenoxy) is 9. The molecule has 0 N–H and O–H groups in total. The largest absolute Gasteiger partial charge is 0.372 e. The first kappa shape index (κ1) is 48.0. The molecule has 58 heavy (non-hydrogen) atoms. The molecular weight excluding hydrogens is 741 g/mol. The summed E-state index contributed by atoms with van der Waals surface area (Å²) in [6.45, 7) is 35.6. The van der Waals surface area contributed by atoms with Crippen molar-refractivity contribution >= 4 is 11.6 Å². The van der Waals surface area contributed by atoms with Crippen LogP contribution in [0.1, 0.15) is 137 Å². The van der Waals surface area contributed by atoms with Gasteiger partial charge in [0.1, 0.15) is 12.2 Å². The summed E-state index contributed by atoms with van der Waals surface area (Å²) < 4.78 is 60.2. The average molecular weight is 823 g/mol. The van der Waals surface area contributed by atoms with Crippen LogP contribution < -0.4 is 0 Å². The molecule has 5 saturated heterocycles. The molecule has 336 valence electrons. The Labute approximate surface area is 351 Å². The second-order valence-corrected chi connectivity index (χ2v) is 19.6. The van der Waals surface area contributed by atoms with Crippen molar-refractivity contribution in [2.24, 2.45) is 65.1 Å². The van der Waals surface area contributed by atoms with E-state index in [2.05, 4.69) is 104 Å². The van der Waals surface area contributed by atoms with Crippen LogP contribution in [0.5, 0.6) is 0 Å². The highest BCUT2D eigenvalue weighted by atomic mass is 16.7. The molecule has 0 radical (unpaired) electrons. The Kier molecular flexibility index (Phi) is 16.6. The Hall–Kier alpha value is -1.02. The molecule has 5 aliphatic rings. The maximum absolute atomic E-state index is 13.3. The molecule has 5 aliphatic heterocycles. The van der Waals surface area contributed by atoms with Gasteiger partial charge in [-0.1, -0.05) is 96.9 Å². The third-order valence-electron chi connectivity index (χ3n) is 16.2. The third-order valence-corrected chi connectivity index (χ3v) is 16.2. The van der Waals surface area contributed by atoms with Crippen LogP contribution in [0.3, 0.4) is 0 Å². The SMILES string of the molecule is CCC1O[C@@H](O[C@H]2C(C(C)=O)O[C@@H](O[C@H]3C(CC)O[C@@H](O[C@H]4C(C(C)=O)O[C@@H](O[C@H]5C(CC)OC(C)C(C)[C@H]5C)C(C)[C@@H]4C)C(C)[C@H]3C)C(C)[C@H]2C)C(C)[C@@H](C)[C@H]1C. The fourth-order valence-electron chi connectivity index (χ4n) is 10.5. The number of rotatable bonds is 13. The summed E-state index contributed by atoms with van der Waals surface area (Å²) in [6.07, 6.45) is -2.84. The number of ketones is 2. The van der Waals surface area contributed by atoms with Gasteiger partial charge in [0, 0.05) is 23.7 Å². The summed E-state index contributed by atoms with van der Waals surface area (Å²) in [4.78, 5) is 26.5. The fourth-order valence-corrected chi connectivity index (χ4v) is 10.5. The smallest absolute Gasteiger partial charge is 0.162 e. The summed E-state index contributed by atoms with van der Waals surface area (Å²) in [5.74, 6) is 1.19. The van der Waals surface area contributed by atoms with Gasteiger partial charge in [0.05, 0.1) is 48.8 Å². The molecule has 5 fully saturated rings. The zero-order valence-corrected chi connectivity index (χ0v) is 39.0. The van der Waals surface area contributed by atoms with Gasteiger partial charge < -0.3 is 42.6 Å². The summed E-state index contributed by atoms with van der Waals surface area (Å²) in [5, 5.41) is 0. The number of carbonyl (C=O) groups is 2. The Morgan fingerprint density at radius 3 is 1.07 bits per heavy atom. The monoisotopic (exact) mass is 823 g/mol. The lowest BCUT2D eigenvalue weighted by Gasteiger charge is -2.52. The van der Waals surface area contributed by atoms with Crippen molar-refractivity contribution in [3.8, 4) is 0 Å². The lowest BCUT2D eigenvalue weighted by molar-refractivity contribution is -0.357. The van der Waals surface area contributed by atoms with Crippen LogP contribution in [0.15, 0.2) is 0 Å². The first-order chi connectivity index (χ1) is 27.3. The van der Waals surface area contributed by atoms with E-state index in [1.807, 2.05) is 0 Å². The van der Waals surface area contributed by atoms with E-state index in [0.717, 1.165) is 12.8 Å². The molecule has 5 heterocycles. The quantitative estimate of drug-likeness (QED) is 0.178. The summed E-state index contributed by atoms with van der Waals surface area (Å²) in [6, 6.07) is 0. The minimum absolute atomic E-state index is 0.0118. The van der Waals surface area contributed by atoms with Crippen molar-refractivity contribution in [2.75, 3.05) is 0 Å². The van der Waals surface area contributed by atoms with Crippen LogP contribution in [0, 0.1) is 65.1 Å². The molecule has 11 unspecified atom stereocenters. The first-order valence-corrected chi connectivity index (χ1v) is 23.2. The number of hydrogen-bond acceptors (Lipinski definition) is 11. The lowest BCUT2D eigenvalue weighted by atomic mass is 9.78. The van der Waals surface area contributed by atoms with Gasteiger partial charge in [-0.15, -0.1) is 0 Å². The van der Waals surface area contributed by atoms with Gasteiger partial charge in [0.25, 0.3) is 0 Å². The highest BCUT2D eigenvalue weighted by Crippen LogP contribution is 2.45. The third kappa shape index (κ3) is 9.63. The van der Waals surface area contributed by atoms with Gasteiger partial charge in [-0.05, 0) is 81.5 Å². The van der Waals surface area contributed by atoms with E-state index < -0.39 is 49.6 Å². The Morgan fingerprint density at radius 2 is 0.672 bits per heavy atom. The molecule has 0 aliphatic carbocycles. The zero-order valence-electron chi connectivity index (χ0n) is 39.0. The van der Waals surface area contributed by atoms with E-state index in [0.29, 0.717) is 24.2 Å². The molecule has 0 saturated carbocycles. The highest BCUT2D eigenvalue weighted by molar-refractivity contribution is 5.81. The minimum atomic E-state index is -0.800. The predicted octanol–water partition coefficient (Wildman–Crippen LogP) is 8.62. The molecule has 0 aromatic carbocycles. The van der Waals surface area contributed by atoms with Gasteiger partial charge in [-0.3, -0.25) is 9.59 Å². The van der Waals surface area contributed by atoms with Crippen molar-refractivity contribution in [3.05, 3.63) is 0 Å². The van der Waals surface area contributed by atoms with Crippen LogP contribution in [-0.4, -0.2) is 97.8 Å². The number of carbonyl (C=O) groups excluding carboxylic acids is 2. The Morgan fingerprint density at radius 1 is 0.362 bits per heavy atom. The number of hydrogen-bond donors (Lipinski definition) is 0. The highest BCUT2D eigenvalue weighted by Gasteiger charge is 2.53. The molecule has 11 nitrogen and oxygen atoms in total. The van der Waals surface area contributed by atoms with Gasteiger partial charge in [0.15, 0.2) is 36.7 Å². The molecular formula is C47H82O11. The molecule has 5 rings (SSSR count). The van der Waals surface area contributed by atoms with E-state index in [1.54, 1.807) is 13.8 Å². The molecule has 0 spiro atoms. The molecule has 0 aromatic rings. The molecule has 0 amide bonds. The molecule has 11 heteroatoms. The van der Waals surface area contributed by atoms with Gasteiger partial charge >= 0.3 is 0 Å². The maximum Gasteiger partial charge on any atom is 0.162 e. The van der Waals surface area contributed by atoms with Crippen LogP contribution in [0.25, 0.3) is 0 Å². The summed E-state index contributed by atoms with van der Waals surface area (Å²) >= 11 is 0. The Balaban J connectivity index is 1.26. The normalized spacial score (nSPS) is 51.6. The second kappa shape index (κ2) is 20.0. The Bertz CT molecular complexity index is 1340. The second-order valence-electron chi connectivity index (χ2n) is 19.6. The first-order valence-electron chi connectivity index (χ1n) is 23.2. The van der Waals surface area contributed by atoms with E-state index in [4.69, 9.17) is 42.6 Å². The minimum Gasteiger partial charge on any atom is -0.372 e. The topological polar surface area (TPSA) is 117 Å². The van der Waals surface area contributed by atoms with Crippen LogP contribution in [0.4, 0.5) is 0 Å². The average Bonchev–Trinajstić information content (AvgIpc) is 3.19. The molecule has 0 bridgehead atoms. The summed E-state index contributed by atoms with van der Waals surface area (Å²) in [7, 11) is 0. The van der Waals surface area contributed by atoms with E-state index >= 15 is 0 Å². The van der Waals surface area contributed by atoms with Crippen molar-refractivity contribution < 1.29 is 52.2 Å². The standard InChI is InChI=1S/C47H82O11/c1-18-35-23(6)21(4)28(11)44(51-35)55-40-26(9)31(14)47(58-42(40)32(15)48)54-39-25(8)29(12)45(52-37(39)20-3)56-41-27(10)30(13)46(57-43(41)33(16)49)53-38-24(7)22(5)34(17)50-36(38)19-2/h21-31,34-47H,18-20H2,1-17H3/t21-,22?,23+,24+,25+,26+,27-,28?,29?,30?,31?,34?,35?,36?,37?,38+,39+,40+,41+,42?,43?,44-,45-,46+,47+/m0/s1. The van der Waals surface area contributed by atoms with Gasteiger partial charge in [0.2, 0.25) is 0 Å². The lowest BCUT2D eigenvalue weighted by Crippen LogP contribution is -2.60. The van der Waals surface area contributed by atoms with Gasteiger partial charge in [-0.25, -0.2) is 0 Å². The van der Waals surface area contributed by atoms with E-state index in [9.17, 15) is 9.59 Å². The maximum atomic E-state index is 13.3. The van der Waals surface area contributed by atoms with E-state index in [-0.39, 0.29) is 95.5 Å². The summed E-state index contributed by atoms with van der Waals surface area (Å²) in [5.41, 5.74) is 0. The van der Waals surface area contributed by atoms with E-state index in [1.165, 1.54) is 0 Å². The van der Waals surface area contributed by atoms with Crippen molar-refractivity contribution in [1.82, 2.24) is 0 Å². The molecule has 0 aromatic heterocycles. The predicted molar refractivity (Wildman–Crippen MR) is 222 cm³/mol. The molecule has 25 atom stereocenters. The van der Waals surface area contributed by atoms with Crippen LogP contribution >= 0.6 is 0 Å². The van der Waals surface area contributed by atoms with Crippen LogP contribution in [-0.2, 0) is 52.2 Å². The zero-order chi connectivity index (χ0) is 43.1. The van der Waals surface area contributed by atoms with Crippen LogP contribution in [0.2, 0.25) is 0 Å². The fraction of sp³-hybridized carbons (Fsp3) is 0.957. The number of Topliss-reactive ketones (excluding diaryl/α,β-unsaturated/α-hetero) is 2.